The number of imidazole rings is 1. The quantitative estimate of drug-likeness (QED) is 0.868. The summed E-state index contributed by atoms with van der Waals surface area (Å²) in [6, 6.07) is 0.462. The van der Waals surface area contributed by atoms with Crippen molar-refractivity contribution < 1.29 is 0 Å². The smallest absolute Gasteiger partial charge is 0.106 e. The van der Waals surface area contributed by atoms with Crippen LogP contribution in [0.15, 0.2) is 10.7 Å². The number of nitrogens with zero attached hydrogens (tertiary/aromatic N) is 4. The van der Waals surface area contributed by atoms with Crippen LogP contribution in [0.1, 0.15) is 43.7 Å². The Balaban J connectivity index is 2.27. The molecule has 0 saturated heterocycles. The summed E-state index contributed by atoms with van der Waals surface area (Å²) >= 11 is 3.69. The molecule has 0 bridgehead atoms. The highest BCUT2D eigenvalue weighted by atomic mass is 79.9. The number of rotatable bonds is 6. The predicted octanol–water partition coefficient (Wildman–Crippen LogP) is 2.80. The molecule has 5 nitrogen and oxygen atoms in total. The van der Waals surface area contributed by atoms with E-state index in [4.69, 9.17) is 0 Å². The number of hydrogen-bond donors (Lipinski definition) is 1. The number of hydrogen-bond acceptors (Lipinski definition) is 3. The van der Waals surface area contributed by atoms with E-state index in [1.165, 1.54) is 11.4 Å². The van der Waals surface area contributed by atoms with Crippen LogP contribution < -0.4 is 5.32 Å². The van der Waals surface area contributed by atoms with E-state index >= 15 is 0 Å². The van der Waals surface area contributed by atoms with E-state index in [-0.39, 0.29) is 0 Å². The molecule has 1 N–H and O–H groups in total. The van der Waals surface area contributed by atoms with Crippen LogP contribution in [0, 0.1) is 6.92 Å². The van der Waals surface area contributed by atoms with Crippen molar-refractivity contribution in [2.45, 2.75) is 53.2 Å². The van der Waals surface area contributed by atoms with Crippen LogP contribution in [-0.4, -0.2) is 25.4 Å². The lowest BCUT2D eigenvalue weighted by Crippen LogP contribution is -2.24. The topological polar surface area (TPSA) is 47.7 Å². The van der Waals surface area contributed by atoms with Crippen molar-refractivity contribution in [2.24, 2.45) is 7.05 Å². The average molecular weight is 354 g/mol. The average Bonchev–Trinajstić information content (AvgIpc) is 2.91. The van der Waals surface area contributed by atoms with Crippen LogP contribution in [0.4, 0.5) is 0 Å². The maximum absolute atomic E-state index is 4.56. The molecule has 2 aromatic heterocycles. The number of aromatic nitrogens is 4. The maximum Gasteiger partial charge on any atom is 0.106 e. The van der Waals surface area contributed by atoms with E-state index in [0.717, 1.165) is 35.5 Å². The summed E-state index contributed by atoms with van der Waals surface area (Å²) in [5.41, 5.74) is 3.48. The summed E-state index contributed by atoms with van der Waals surface area (Å²) in [6.07, 6.45) is 2.88. The van der Waals surface area contributed by atoms with Crippen molar-refractivity contribution in [3.8, 4) is 0 Å². The molecular formula is C15H24BrN5. The third-order valence-corrected chi connectivity index (χ3v) is 4.56. The van der Waals surface area contributed by atoms with E-state index in [1.54, 1.807) is 0 Å². The molecule has 0 aliphatic carbocycles. The first-order chi connectivity index (χ1) is 9.93. The van der Waals surface area contributed by atoms with Gasteiger partial charge in [-0.2, -0.15) is 5.10 Å². The summed E-state index contributed by atoms with van der Waals surface area (Å²) < 4.78 is 5.32. The molecule has 2 rings (SSSR count). The third kappa shape index (κ3) is 3.55. The van der Waals surface area contributed by atoms with E-state index < -0.39 is 0 Å². The van der Waals surface area contributed by atoms with E-state index in [2.05, 4.69) is 56.7 Å². The maximum atomic E-state index is 4.56. The van der Waals surface area contributed by atoms with Gasteiger partial charge in [-0.3, -0.25) is 4.68 Å². The van der Waals surface area contributed by atoms with Gasteiger partial charge in [0.2, 0.25) is 0 Å². The standard InChI is InChI=1S/C15H24BrN5/c1-6-13-15(16)14(20(5)19-13)9-21-11(4)18-8-12(21)7-17-10(2)3/h8,10,17H,6-7,9H2,1-5H3. The van der Waals surface area contributed by atoms with Gasteiger partial charge in [-0.1, -0.05) is 20.8 Å². The zero-order valence-electron chi connectivity index (χ0n) is 13.4. The second kappa shape index (κ2) is 6.75. The first kappa shape index (κ1) is 16.2. The summed E-state index contributed by atoms with van der Waals surface area (Å²) in [6.45, 7) is 10.1. The highest BCUT2D eigenvalue weighted by Crippen LogP contribution is 2.23. The minimum Gasteiger partial charge on any atom is -0.325 e. The van der Waals surface area contributed by atoms with Crippen molar-refractivity contribution in [3.63, 3.8) is 0 Å². The number of nitrogens with one attached hydrogen (secondary N) is 1. The fourth-order valence-corrected chi connectivity index (χ4v) is 3.06. The van der Waals surface area contributed by atoms with Crippen molar-refractivity contribution >= 4 is 15.9 Å². The van der Waals surface area contributed by atoms with Crippen LogP contribution in [0.25, 0.3) is 0 Å². The van der Waals surface area contributed by atoms with Gasteiger partial charge < -0.3 is 9.88 Å². The van der Waals surface area contributed by atoms with Gasteiger partial charge in [0, 0.05) is 25.8 Å². The van der Waals surface area contributed by atoms with Gasteiger partial charge in [0.15, 0.2) is 0 Å². The van der Waals surface area contributed by atoms with Crippen LogP contribution in [0.3, 0.4) is 0 Å². The molecule has 0 aliphatic rings. The zero-order valence-corrected chi connectivity index (χ0v) is 15.0. The first-order valence-corrected chi connectivity index (χ1v) is 8.18. The summed E-state index contributed by atoms with van der Waals surface area (Å²) in [5, 5.41) is 8.02. The van der Waals surface area contributed by atoms with E-state index in [0.29, 0.717) is 6.04 Å². The van der Waals surface area contributed by atoms with E-state index in [1.807, 2.05) is 24.9 Å². The summed E-state index contributed by atoms with van der Waals surface area (Å²) in [5.74, 6) is 1.03. The number of halogens is 1. The van der Waals surface area contributed by atoms with Crippen molar-refractivity contribution in [3.05, 3.63) is 33.6 Å². The molecule has 2 aromatic rings. The monoisotopic (exact) mass is 353 g/mol. The molecule has 21 heavy (non-hydrogen) atoms. The highest BCUT2D eigenvalue weighted by molar-refractivity contribution is 9.10. The minimum atomic E-state index is 0.462. The van der Waals surface area contributed by atoms with Gasteiger partial charge in [0.25, 0.3) is 0 Å². The largest absolute Gasteiger partial charge is 0.325 e. The SMILES string of the molecule is CCc1nn(C)c(Cn2c(CNC(C)C)cnc2C)c1Br. The molecule has 0 atom stereocenters. The molecule has 0 saturated carbocycles. The molecule has 0 radical (unpaired) electrons. The second-order valence-electron chi connectivity index (χ2n) is 5.60. The van der Waals surface area contributed by atoms with Crippen LogP contribution >= 0.6 is 15.9 Å². The van der Waals surface area contributed by atoms with Crippen LogP contribution in [0.2, 0.25) is 0 Å². The molecule has 0 fully saturated rings. The lowest BCUT2D eigenvalue weighted by Gasteiger charge is -2.13. The van der Waals surface area contributed by atoms with Gasteiger partial charge in [-0.25, -0.2) is 4.98 Å². The molecule has 0 spiro atoms. The molecule has 116 valence electrons. The molecule has 2 heterocycles. The Morgan fingerprint density at radius 3 is 2.67 bits per heavy atom. The fourth-order valence-electron chi connectivity index (χ4n) is 2.32. The Bertz CT molecular complexity index is 612. The van der Waals surface area contributed by atoms with Gasteiger partial charge in [0.1, 0.15) is 5.82 Å². The Kier molecular flexibility index (Phi) is 5.22. The van der Waals surface area contributed by atoms with Crippen molar-refractivity contribution in [1.29, 1.82) is 0 Å². The normalized spacial score (nSPS) is 11.6. The zero-order chi connectivity index (χ0) is 15.6. The lowest BCUT2D eigenvalue weighted by atomic mass is 10.3. The van der Waals surface area contributed by atoms with Crippen molar-refractivity contribution in [1.82, 2.24) is 24.6 Å². The molecule has 0 amide bonds. The molecule has 0 unspecified atom stereocenters. The second-order valence-corrected chi connectivity index (χ2v) is 6.40. The van der Waals surface area contributed by atoms with Crippen LogP contribution in [0.5, 0.6) is 0 Å². The highest BCUT2D eigenvalue weighted by Gasteiger charge is 2.15. The van der Waals surface area contributed by atoms with Gasteiger partial charge in [-0.15, -0.1) is 0 Å². The Morgan fingerprint density at radius 1 is 1.38 bits per heavy atom. The fraction of sp³-hybridized carbons (Fsp3) is 0.600. The van der Waals surface area contributed by atoms with Crippen LogP contribution in [-0.2, 0) is 26.6 Å². The Morgan fingerprint density at radius 2 is 2.10 bits per heavy atom. The first-order valence-electron chi connectivity index (χ1n) is 7.38. The predicted molar refractivity (Wildman–Crippen MR) is 88.3 cm³/mol. The van der Waals surface area contributed by atoms with Gasteiger partial charge in [-0.05, 0) is 29.3 Å². The van der Waals surface area contributed by atoms with Gasteiger partial charge >= 0.3 is 0 Å². The van der Waals surface area contributed by atoms with E-state index in [9.17, 15) is 0 Å². The summed E-state index contributed by atoms with van der Waals surface area (Å²) in [7, 11) is 2.00. The minimum absolute atomic E-state index is 0.462. The molecule has 0 aromatic carbocycles. The third-order valence-electron chi connectivity index (χ3n) is 3.64. The van der Waals surface area contributed by atoms with Gasteiger partial charge in [0.05, 0.1) is 28.1 Å². The summed E-state index contributed by atoms with van der Waals surface area (Å²) in [4.78, 5) is 4.45. The Labute approximate surface area is 134 Å². The Hall–Kier alpha value is -1.14. The molecule has 0 aliphatic heterocycles. The molecule has 6 heteroatoms. The molecular weight excluding hydrogens is 330 g/mol. The van der Waals surface area contributed by atoms with Crippen molar-refractivity contribution in [2.75, 3.05) is 0 Å². The number of aryl methyl sites for hydroxylation is 3. The lowest BCUT2D eigenvalue weighted by molar-refractivity contribution is 0.554.